The maximum atomic E-state index is 10.7. The van der Waals surface area contributed by atoms with Crippen molar-refractivity contribution in [1.29, 1.82) is 0 Å². The molecule has 0 atom stereocenters. The second-order valence-corrected chi connectivity index (χ2v) is 4.16. The van der Waals surface area contributed by atoms with Crippen LogP contribution in [0.5, 0.6) is 0 Å². The average molecular weight is 220 g/mol. The normalized spacial score (nSPS) is 14.7. The molecule has 0 amide bonds. The lowest BCUT2D eigenvalue weighted by atomic mass is 10.0. The molecular formula is C12H16N2O2. The fraction of sp³-hybridized carbons (Fsp3) is 0.500. The van der Waals surface area contributed by atoms with E-state index >= 15 is 0 Å². The van der Waals surface area contributed by atoms with Crippen LogP contribution in [-0.4, -0.2) is 18.0 Å². The Labute approximate surface area is 95.0 Å². The van der Waals surface area contributed by atoms with E-state index in [1.165, 1.54) is 5.56 Å². The molecule has 0 N–H and O–H groups in total. The van der Waals surface area contributed by atoms with Crippen LogP contribution < -0.4 is 4.90 Å². The lowest BCUT2D eigenvalue weighted by Crippen LogP contribution is -2.29. The number of non-ortho nitro benzene ring substituents is 1. The van der Waals surface area contributed by atoms with Crippen molar-refractivity contribution >= 4 is 11.4 Å². The zero-order chi connectivity index (χ0) is 11.5. The molecule has 16 heavy (non-hydrogen) atoms. The van der Waals surface area contributed by atoms with Gasteiger partial charge in [-0.05, 0) is 24.8 Å². The monoisotopic (exact) mass is 220 g/mol. The summed E-state index contributed by atoms with van der Waals surface area (Å²) in [6.45, 7) is 4.13. The van der Waals surface area contributed by atoms with Gasteiger partial charge in [0.15, 0.2) is 0 Å². The van der Waals surface area contributed by atoms with Crippen molar-refractivity contribution in [2.45, 2.75) is 26.2 Å². The van der Waals surface area contributed by atoms with Gasteiger partial charge < -0.3 is 4.90 Å². The quantitative estimate of drug-likeness (QED) is 0.581. The molecule has 1 aromatic rings. The number of nitrogens with zero attached hydrogens (tertiary/aromatic N) is 2. The molecule has 1 aliphatic rings. The molecule has 0 aromatic heterocycles. The molecule has 86 valence electrons. The number of hydrogen-bond donors (Lipinski definition) is 0. The first-order valence-electron chi connectivity index (χ1n) is 5.74. The van der Waals surface area contributed by atoms with Gasteiger partial charge in [0, 0.05) is 30.9 Å². The summed E-state index contributed by atoms with van der Waals surface area (Å²) in [7, 11) is 0. The highest BCUT2D eigenvalue weighted by Crippen LogP contribution is 2.30. The second kappa shape index (κ2) is 4.51. The van der Waals surface area contributed by atoms with E-state index < -0.39 is 0 Å². The van der Waals surface area contributed by atoms with Crippen molar-refractivity contribution in [3.8, 4) is 0 Å². The lowest BCUT2D eigenvalue weighted by Gasteiger charge is -2.30. The van der Waals surface area contributed by atoms with E-state index in [9.17, 15) is 10.1 Å². The van der Waals surface area contributed by atoms with Crippen LogP contribution in [0.1, 0.15) is 25.3 Å². The van der Waals surface area contributed by atoms with Crippen LogP contribution in [0.25, 0.3) is 0 Å². The van der Waals surface area contributed by atoms with Gasteiger partial charge in [0.05, 0.1) is 4.92 Å². The molecule has 0 saturated carbocycles. The number of rotatable bonds is 3. The van der Waals surface area contributed by atoms with Gasteiger partial charge >= 0.3 is 0 Å². The van der Waals surface area contributed by atoms with Gasteiger partial charge in [-0.3, -0.25) is 10.1 Å². The smallest absolute Gasteiger partial charge is 0.271 e. The minimum absolute atomic E-state index is 0.196. The summed E-state index contributed by atoms with van der Waals surface area (Å²) in [5, 5.41) is 10.7. The van der Waals surface area contributed by atoms with Gasteiger partial charge in [0.1, 0.15) is 0 Å². The number of nitro groups is 1. The molecule has 2 rings (SSSR count). The highest BCUT2D eigenvalue weighted by Gasteiger charge is 2.19. The zero-order valence-corrected chi connectivity index (χ0v) is 9.48. The van der Waals surface area contributed by atoms with E-state index in [0.717, 1.165) is 38.0 Å². The SMILES string of the molecule is CCCN1CCCc2ccc([N+](=O)[O-])cc21. The van der Waals surface area contributed by atoms with Crippen molar-refractivity contribution in [2.75, 3.05) is 18.0 Å². The minimum Gasteiger partial charge on any atom is -0.371 e. The summed E-state index contributed by atoms with van der Waals surface area (Å²) < 4.78 is 0. The number of anilines is 1. The Balaban J connectivity index is 2.36. The van der Waals surface area contributed by atoms with Gasteiger partial charge in [0.2, 0.25) is 0 Å². The Kier molecular flexibility index (Phi) is 3.08. The third kappa shape index (κ3) is 2.01. The third-order valence-corrected chi connectivity index (χ3v) is 2.99. The first kappa shape index (κ1) is 10.9. The Bertz CT molecular complexity index is 404. The summed E-state index contributed by atoms with van der Waals surface area (Å²) in [6, 6.07) is 5.22. The maximum Gasteiger partial charge on any atom is 0.271 e. The first-order chi connectivity index (χ1) is 7.72. The predicted octanol–water partition coefficient (Wildman–Crippen LogP) is 2.76. The molecule has 0 saturated heterocycles. The fourth-order valence-corrected chi connectivity index (χ4v) is 2.25. The van der Waals surface area contributed by atoms with Crippen LogP contribution in [0.2, 0.25) is 0 Å². The molecule has 0 bridgehead atoms. The Hall–Kier alpha value is -1.58. The lowest BCUT2D eigenvalue weighted by molar-refractivity contribution is -0.384. The first-order valence-corrected chi connectivity index (χ1v) is 5.74. The van der Waals surface area contributed by atoms with Crippen LogP contribution in [0.15, 0.2) is 18.2 Å². The van der Waals surface area contributed by atoms with E-state index in [1.807, 2.05) is 6.07 Å². The van der Waals surface area contributed by atoms with Crippen molar-refractivity contribution in [3.63, 3.8) is 0 Å². The van der Waals surface area contributed by atoms with Crippen molar-refractivity contribution in [3.05, 3.63) is 33.9 Å². The number of nitro benzene ring substituents is 1. The van der Waals surface area contributed by atoms with Crippen molar-refractivity contribution in [1.82, 2.24) is 0 Å². The summed E-state index contributed by atoms with van der Waals surface area (Å²) >= 11 is 0. The van der Waals surface area contributed by atoms with E-state index in [-0.39, 0.29) is 10.6 Å². The molecule has 4 nitrogen and oxygen atoms in total. The molecule has 4 heteroatoms. The summed E-state index contributed by atoms with van der Waals surface area (Å²) in [5.74, 6) is 0. The number of aryl methyl sites for hydroxylation is 1. The molecule has 0 radical (unpaired) electrons. The van der Waals surface area contributed by atoms with Crippen molar-refractivity contribution in [2.24, 2.45) is 0 Å². The summed E-state index contributed by atoms with van der Waals surface area (Å²) in [4.78, 5) is 12.7. The molecule has 0 spiro atoms. The number of fused-ring (bicyclic) bond motifs is 1. The highest BCUT2D eigenvalue weighted by atomic mass is 16.6. The van der Waals surface area contributed by atoms with Crippen LogP contribution in [0.4, 0.5) is 11.4 Å². The Morgan fingerprint density at radius 1 is 1.50 bits per heavy atom. The number of hydrogen-bond acceptors (Lipinski definition) is 3. The molecular weight excluding hydrogens is 204 g/mol. The van der Waals surface area contributed by atoms with E-state index in [0.29, 0.717) is 0 Å². The Morgan fingerprint density at radius 2 is 2.31 bits per heavy atom. The molecule has 1 heterocycles. The van der Waals surface area contributed by atoms with Crippen LogP contribution >= 0.6 is 0 Å². The number of benzene rings is 1. The summed E-state index contributed by atoms with van der Waals surface area (Å²) in [6.07, 6.45) is 3.25. The van der Waals surface area contributed by atoms with Gasteiger partial charge in [-0.15, -0.1) is 0 Å². The summed E-state index contributed by atoms with van der Waals surface area (Å²) in [5.41, 5.74) is 2.49. The van der Waals surface area contributed by atoms with Gasteiger partial charge in [-0.25, -0.2) is 0 Å². The Morgan fingerprint density at radius 3 is 3.00 bits per heavy atom. The van der Waals surface area contributed by atoms with E-state index in [2.05, 4.69) is 11.8 Å². The molecule has 0 fully saturated rings. The van der Waals surface area contributed by atoms with Crippen LogP contribution in [0.3, 0.4) is 0 Å². The molecule has 1 aromatic carbocycles. The van der Waals surface area contributed by atoms with Crippen LogP contribution in [0, 0.1) is 10.1 Å². The van der Waals surface area contributed by atoms with Gasteiger partial charge in [-0.2, -0.15) is 0 Å². The van der Waals surface area contributed by atoms with Crippen molar-refractivity contribution < 1.29 is 4.92 Å². The zero-order valence-electron chi connectivity index (χ0n) is 9.48. The van der Waals surface area contributed by atoms with Crippen LogP contribution in [-0.2, 0) is 6.42 Å². The maximum absolute atomic E-state index is 10.7. The minimum atomic E-state index is -0.320. The predicted molar refractivity (Wildman–Crippen MR) is 63.9 cm³/mol. The van der Waals surface area contributed by atoms with Gasteiger partial charge in [0.25, 0.3) is 5.69 Å². The fourth-order valence-electron chi connectivity index (χ4n) is 2.25. The largest absolute Gasteiger partial charge is 0.371 e. The molecule has 1 aliphatic heterocycles. The molecule has 0 unspecified atom stereocenters. The molecule has 0 aliphatic carbocycles. The van der Waals surface area contributed by atoms with E-state index in [4.69, 9.17) is 0 Å². The standard InChI is InChI=1S/C12H16N2O2/c1-2-7-13-8-3-4-10-5-6-11(14(15)16)9-12(10)13/h5-6,9H,2-4,7-8H2,1H3. The topological polar surface area (TPSA) is 46.4 Å². The highest BCUT2D eigenvalue weighted by molar-refractivity contribution is 5.60. The van der Waals surface area contributed by atoms with Gasteiger partial charge in [-0.1, -0.05) is 13.0 Å². The van der Waals surface area contributed by atoms with E-state index in [1.54, 1.807) is 12.1 Å². The second-order valence-electron chi connectivity index (χ2n) is 4.16. The third-order valence-electron chi connectivity index (χ3n) is 2.99. The average Bonchev–Trinajstić information content (AvgIpc) is 2.29.